The van der Waals surface area contributed by atoms with Crippen molar-refractivity contribution >= 4 is 15.9 Å². The van der Waals surface area contributed by atoms with Gasteiger partial charge < -0.3 is 4.90 Å². The molecule has 120 valence electrons. The third kappa shape index (κ3) is 2.87. The number of amides is 1. The Morgan fingerprint density at radius 2 is 2.00 bits per heavy atom. The number of hydrogen-bond donors (Lipinski definition) is 0. The summed E-state index contributed by atoms with van der Waals surface area (Å²) in [5, 5.41) is 0. The van der Waals surface area contributed by atoms with Crippen LogP contribution in [0.4, 0.5) is 4.39 Å². The Hall–Kier alpha value is -1.47. The number of halogens is 1. The molecule has 2 aliphatic rings. The van der Waals surface area contributed by atoms with Gasteiger partial charge in [0, 0.05) is 25.2 Å². The maximum absolute atomic E-state index is 13.2. The predicted molar refractivity (Wildman–Crippen MR) is 80.2 cm³/mol. The molecule has 0 radical (unpaired) electrons. The number of fused-ring (bicyclic) bond motifs is 1. The van der Waals surface area contributed by atoms with E-state index in [0.717, 1.165) is 0 Å². The first-order valence-electron chi connectivity index (χ1n) is 7.37. The first-order valence-corrected chi connectivity index (χ1v) is 9.22. The van der Waals surface area contributed by atoms with Crippen LogP contribution in [-0.4, -0.2) is 55.0 Å². The van der Waals surface area contributed by atoms with Crippen molar-refractivity contribution in [2.45, 2.75) is 31.3 Å². The highest BCUT2D eigenvalue weighted by molar-refractivity contribution is 7.88. The lowest BCUT2D eigenvalue weighted by Crippen LogP contribution is -2.41. The molecule has 2 aliphatic heterocycles. The van der Waals surface area contributed by atoms with Gasteiger partial charge in [0.25, 0.3) is 0 Å². The topological polar surface area (TPSA) is 57.7 Å². The molecule has 2 saturated heterocycles. The molecule has 1 aromatic rings. The lowest BCUT2D eigenvalue weighted by Gasteiger charge is -2.24. The summed E-state index contributed by atoms with van der Waals surface area (Å²) in [6.07, 6.45) is 2.71. The minimum atomic E-state index is -3.22. The van der Waals surface area contributed by atoms with E-state index >= 15 is 0 Å². The molecule has 7 heteroatoms. The van der Waals surface area contributed by atoms with Crippen LogP contribution in [-0.2, 0) is 21.2 Å². The van der Waals surface area contributed by atoms with Gasteiger partial charge in [-0.15, -0.1) is 0 Å². The fraction of sp³-hybridized carbons (Fsp3) is 0.533. The van der Waals surface area contributed by atoms with Gasteiger partial charge in [-0.05, 0) is 30.5 Å². The Labute approximate surface area is 129 Å². The van der Waals surface area contributed by atoms with Gasteiger partial charge in [-0.25, -0.2) is 12.8 Å². The Kier molecular flexibility index (Phi) is 3.94. The van der Waals surface area contributed by atoms with E-state index in [1.54, 1.807) is 17.0 Å². The summed E-state index contributed by atoms with van der Waals surface area (Å²) >= 11 is 0. The Morgan fingerprint density at radius 1 is 1.27 bits per heavy atom. The second kappa shape index (κ2) is 5.62. The normalized spacial score (nSPS) is 25.5. The zero-order chi connectivity index (χ0) is 15.9. The molecule has 0 N–H and O–H groups in total. The van der Waals surface area contributed by atoms with Crippen LogP contribution in [0.25, 0.3) is 0 Å². The highest BCUT2D eigenvalue weighted by Crippen LogP contribution is 2.33. The number of nitrogens with zero attached hydrogens (tertiary/aromatic N) is 2. The van der Waals surface area contributed by atoms with Gasteiger partial charge >= 0.3 is 0 Å². The largest absolute Gasteiger partial charge is 0.338 e. The van der Waals surface area contributed by atoms with E-state index in [2.05, 4.69) is 0 Å². The minimum absolute atomic E-state index is 0.0456. The summed E-state index contributed by atoms with van der Waals surface area (Å²) in [5.41, 5.74) is 0.645. The van der Waals surface area contributed by atoms with Crippen molar-refractivity contribution in [1.82, 2.24) is 9.21 Å². The molecule has 0 aliphatic carbocycles. The molecule has 1 aromatic carbocycles. The van der Waals surface area contributed by atoms with Gasteiger partial charge in [-0.3, -0.25) is 4.79 Å². The van der Waals surface area contributed by atoms with Crippen molar-refractivity contribution in [1.29, 1.82) is 0 Å². The van der Waals surface area contributed by atoms with E-state index in [1.807, 2.05) is 0 Å². The van der Waals surface area contributed by atoms with Crippen molar-refractivity contribution in [3.05, 3.63) is 35.6 Å². The summed E-state index contributed by atoms with van der Waals surface area (Å²) in [7, 11) is -3.22. The van der Waals surface area contributed by atoms with Gasteiger partial charge in [0.2, 0.25) is 15.9 Å². The smallest absolute Gasteiger partial charge is 0.227 e. The molecule has 2 fully saturated rings. The lowest BCUT2D eigenvalue weighted by molar-refractivity contribution is -0.131. The molecule has 5 nitrogen and oxygen atoms in total. The van der Waals surface area contributed by atoms with Gasteiger partial charge in [0.1, 0.15) is 5.82 Å². The molecule has 0 unspecified atom stereocenters. The number of likely N-dealkylation sites (tertiary alicyclic amines) is 1. The number of hydrogen-bond acceptors (Lipinski definition) is 3. The van der Waals surface area contributed by atoms with Crippen LogP contribution >= 0.6 is 0 Å². The minimum Gasteiger partial charge on any atom is -0.338 e. The molecule has 22 heavy (non-hydrogen) atoms. The number of benzene rings is 1. The van der Waals surface area contributed by atoms with Crippen LogP contribution < -0.4 is 0 Å². The molecule has 2 atom stereocenters. The molecule has 3 rings (SSSR count). The summed E-state index contributed by atoms with van der Waals surface area (Å²) in [4.78, 5) is 14.2. The third-order valence-corrected chi connectivity index (χ3v) is 5.82. The van der Waals surface area contributed by atoms with Crippen molar-refractivity contribution in [3.8, 4) is 0 Å². The van der Waals surface area contributed by atoms with E-state index in [-0.39, 0.29) is 30.2 Å². The lowest BCUT2D eigenvalue weighted by atomic mass is 10.1. The maximum atomic E-state index is 13.2. The number of carbonyl (C=O) groups excluding carboxylic acids is 1. The molecular weight excluding hydrogens is 307 g/mol. The third-order valence-electron chi connectivity index (χ3n) is 4.52. The molecule has 0 saturated carbocycles. The number of sulfonamides is 1. The zero-order valence-electron chi connectivity index (χ0n) is 12.4. The quantitative estimate of drug-likeness (QED) is 0.833. The fourth-order valence-electron chi connectivity index (χ4n) is 3.59. The first kappa shape index (κ1) is 15.4. The van der Waals surface area contributed by atoms with Crippen LogP contribution in [0.15, 0.2) is 24.3 Å². The van der Waals surface area contributed by atoms with Gasteiger partial charge in [-0.2, -0.15) is 4.31 Å². The summed E-state index contributed by atoms with van der Waals surface area (Å²) in [6, 6.07) is 5.88. The maximum Gasteiger partial charge on any atom is 0.227 e. The van der Waals surface area contributed by atoms with Crippen molar-refractivity contribution in [2.24, 2.45) is 0 Å². The van der Waals surface area contributed by atoms with Crippen LogP contribution in [0.5, 0.6) is 0 Å². The highest BCUT2D eigenvalue weighted by atomic mass is 32.2. The van der Waals surface area contributed by atoms with Gasteiger partial charge in [-0.1, -0.05) is 12.1 Å². The van der Waals surface area contributed by atoms with Gasteiger partial charge in [0.15, 0.2) is 0 Å². The van der Waals surface area contributed by atoms with Crippen molar-refractivity contribution in [3.63, 3.8) is 0 Å². The molecular formula is C15H19FN2O3S. The van der Waals surface area contributed by atoms with E-state index in [0.29, 0.717) is 31.5 Å². The van der Waals surface area contributed by atoms with Crippen LogP contribution in [0, 0.1) is 5.82 Å². The zero-order valence-corrected chi connectivity index (χ0v) is 13.2. The Balaban J connectivity index is 1.71. The molecule has 2 heterocycles. The fourth-order valence-corrected chi connectivity index (χ4v) is 4.77. The van der Waals surface area contributed by atoms with Crippen LogP contribution in [0.2, 0.25) is 0 Å². The van der Waals surface area contributed by atoms with Crippen molar-refractivity contribution in [2.75, 3.05) is 19.3 Å². The highest BCUT2D eigenvalue weighted by Gasteiger charge is 2.47. The summed E-state index contributed by atoms with van der Waals surface area (Å²) < 4.78 is 38.2. The van der Waals surface area contributed by atoms with Crippen molar-refractivity contribution < 1.29 is 17.6 Å². The number of rotatable bonds is 3. The second-order valence-electron chi connectivity index (χ2n) is 5.98. The average Bonchev–Trinajstić information content (AvgIpc) is 2.97. The summed E-state index contributed by atoms with van der Waals surface area (Å²) in [6.45, 7) is 1.04. The second-order valence-corrected chi connectivity index (χ2v) is 7.91. The first-order chi connectivity index (χ1) is 10.4. The molecule has 0 bridgehead atoms. The Bertz CT molecular complexity index is 692. The average molecular weight is 326 g/mol. The van der Waals surface area contributed by atoms with E-state index in [4.69, 9.17) is 0 Å². The molecule has 0 spiro atoms. The van der Waals surface area contributed by atoms with E-state index in [9.17, 15) is 17.6 Å². The van der Waals surface area contributed by atoms with E-state index < -0.39 is 10.0 Å². The van der Waals surface area contributed by atoms with Crippen LogP contribution in [0.3, 0.4) is 0 Å². The molecule has 1 amide bonds. The van der Waals surface area contributed by atoms with E-state index in [1.165, 1.54) is 22.7 Å². The standard InChI is InChI=1S/C15H19FN2O3S/c1-22(20,21)18-8-6-13-14(18)5-7-17(13)15(19)10-11-3-2-4-12(16)9-11/h2-4,9,13-14H,5-8,10H2,1H3/t13-,14+/m1/s1. The molecule has 0 aromatic heterocycles. The Morgan fingerprint density at radius 3 is 2.68 bits per heavy atom. The number of carbonyl (C=O) groups is 1. The monoisotopic (exact) mass is 326 g/mol. The predicted octanol–water partition coefficient (Wildman–Crippen LogP) is 1.00. The SMILES string of the molecule is CS(=O)(=O)N1CC[C@@H]2[C@@H]1CCN2C(=O)Cc1cccc(F)c1. The summed E-state index contributed by atoms with van der Waals surface area (Å²) in [5.74, 6) is -0.415. The van der Waals surface area contributed by atoms with Gasteiger partial charge in [0.05, 0.1) is 12.7 Å². The van der Waals surface area contributed by atoms with Crippen LogP contribution in [0.1, 0.15) is 18.4 Å².